The van der Waals surface area contributed by atoms with Crippen molar-refractivity contribution in [3.63, 3.8) is 0 Å². The van der Waals surface area contributed by atoms with Gasteiger partial charge in [0.05, 0.1) is 6.42 Å². The van der Waals surface area contributed by atoms with Gasteiger partial charge in [-0.25, -0.2) is 4.79 Å². The van der Waals surface area contributed by atoms with Crippen molar-refractivity contribution in [3.05, 3.63) is 28.8 Å². The van der Waals surface area contributed by atoms with E-state index in [9.17, 15) is 9.59 Å². The fraction of sp³-hybridized carbons (Fsp3) is 0.467. The number of carboxylic acids is 1. The second-order valence-electron chi connectivity index (χ2n) is 5.89. The minimum Gasteiger partial charge on any atom is -0.481 e. The van der Waals surface area contributed by atoms with Crippen LogP contribution in [-0.4, -0.2) is 29.3 Å². The molecule has 1 aromatic rings. The van der Waals surface area contributed by atoms with E-state index < -0.39 is 23.6 Å². The van der Waals surface area contributed by atoms with Crippen LogP contribution in [0.1, 0.15) is 38.7 Å². The van der Waals surface area contributed by atoms with Gasteiger partial charge in [0.15, 0.2) is 0 Å². The topological polar surface area (TPSA) is 102 Å². The first-order valence-corrected chi connectivity index (χ1v) is 7.21. The Morgan fingerprint density at radius 1 is 1.41 bits per heavy atom. The van der Waals surface area contributed by atoms with Crippen LogP contribution in [0, 0.1) is 0 Å². The number of anilines is 1. The van der Waals surface area contributed by atoms with Crippen molar-refractivity contribution in [1.29, 1.82) is 0 Å². The molecule has 122 valence electrons. The molecule has 0 heterocycles. The Morgan fingerprint density at radius 3 is 2.55 bits per heavy atom. The molecule has 0 fully saturated rings. The van der Waals surface area contributed by atoms with Gasteiger partial charge in [-0.05, 0) is 51.1 Å². The number of hydrogen-bond acceptors (Lipinski definition) is 4. The number of carbonyl (C=O) groups is 2. The summed E-state index contributed by atoms with van der Waals surface area (Å²) in [5.41, 5.74) is 6.07. The van der Waals surface area contributed by atoms with Crippen molar-refractivity contribution < 1.29 is 19.4 Å². The number of halogens is 1. The lowest BCUT2D eigenvalue weighted by atomic mass is 9.95. The van der Waals surface area contributed by atoms with Gasteiger partial charge >= 0.3 is 12.1 Å². The number of carbonyl (C=O) groups excluding carboxylic acids is 1. The molecule has 1 unspecified atom stereocenters. The Balaban J connectivity index is 2.94. The highest BCUT2D eigenvalue weighted by Crippen LogP contribution is 2.29. The van der Waals surface area contributed by atoms with E-state index in [-0.39, 0.29) is 13.0 Å². The van der Waals surface area contributed by atoms with E-state index in [4.69, 9.17) is 27.2 Å². The maximum Gasteiger partial charge on any atom is 0.412 e. The summed E-state index contributed by atoms with van der Waals surface area (Å²) in [6.07, 6.45) is -0.727. The fourth-order valence-electron chi connectivity index (χ4n) is 1.89. The predicted molar refractivity (Wildman–Crippen MR) is 85.4 cm³/mol. The molecular weight excluding hydrogens is 308 g/mol. The van der Waals surface area contributed by atoms with Gasteiger partial charge in [0, 0.05) is 16.6 Å². The van der Waals surface area contributed by atoms with Gasteiger partial charge in [-0.1, -0.05) is 11.6 Å². The molecule has 0 aliphatic heterocycles. The van der Waals surface area contributed by atoms with E-state index >= 15 is 0 Å². The van der Waals surface area contributed by atoms with E-state index in [0.717, 1.165) is 0 Å². The summed E-state index contributed by atoms with van der Waals surface area (Å²) in [5, 5.41) is 11.9. The lowest BCUT2D eigenvalue weighted by Gasteiger charge is -2.20. The lowest BCUT2D eigenvalue weighted by molar-refractivity contribution is -0.137. The SMILES string of the molecule is CC(C)(C)OC(=O)Nc1ccc(Cl)c(C(CN)CC(=O)O)c1. The van der Waals surface area contributed by atoms with Crippen LogP contribution in [-0.2, 0) is 9.53 Å². The van der Waals surface area contributed by atoms with Gasteiger partial charge < -0.3 is 15.6 Å². The van der Waals surface area contributed by atoms with Crippen LogP contribution in [0.15, 0.2) is 18.2 Å². The highest BCUT2D eigenvalue weighted by Gasteiger charge is 2.19. The van der Waals surface area contributed by atoms with Gasteiger partial charge in [-0.2, -0.15) is 0 Å². The Morgan fingerprint density at radius 2 is 2.05 bits per heavy atom. The van der Waals surface area contributed by atoms with E-state index in [1.165, 1.54) is 0 Å². The average Bonchev–Trinajstić information content (AvgIpc) is 2.36. The van der Waals surface area contributed by atoms with E-state index in [1.54, 1.807) is 39.0 Å². The van der Waals surface area contributed by atoms with Gasteiger partial charge in [0.25, 0.3) is 0 Å². The smallest absolute Gasteiger partial charge is 0.412 e. The number of aliphatic carboxylic acids is 1. The molecule has 0 saturated heterocycles. The number of rotatable bonds is 5. The highest BCUT2D eigenvalue weighted by molar-refractivity contribution is 6.31. The summed E-state index contributed by atoms with van der Waals surface area (Å²) in [4.78, 5) is 22.6. The number of ether oxygens (including phenoxy) is 1. The van der Waals surface area contributed by atoms with E-state index in [1.807, 2.05) is 0 Å². The molecule has 0 radical (unpaired) electrons. The van der Waals surface area contributed by atoms with Crippen molar-refractivity contribution in [2.24, 2.45) is 5.73 Å². The molecule has 1 aromatic carbocycles. The number of nitrogens with one attached hydrogen (secondary N) is 1. The van der Waals surface area contributed by atoms with Gasteiger partial charge in [-0.3, -0.25) is 10.1 Å². The van der Waals surface area contributed by atoms with E-state index in [2.05, 4.69) is 5.32 Å². The monoisotopic (exact) mass is 328 g/mol. The normalized spacial score (nSPS) is 12.6. The third-order valence-corrected chi connectivity index (χ3v) is 3.13. The molecule has 22 heavy (non-hydrogen) atoms. The Kier molecular flexibility index (Phi) is 6.20. The zero-order valence-electron chi connectivity index (χ0n) is 12.9. The maximum absolute atomic E-state index is 11.8. The minimum atomic E-state index is -0.961. The molecule has 1 atom stereocenters. The molecule has 4 N–H and O–H groups in total. The van der Waals surface area contributed by atoms with Crippen LogP contribution in [0.2, 0.25) is 5.02 Å². The maximum atomic E-state index is 11.8. The van der Waals surface area contributed by atoms with Crippen molar-refractivity contribution in [1.82, 2.24) is 0 Å². The van der Waals surface area contributed by atoms with Crippen LogP contribution < -0.4 is 11.1 Å². The van der Waals surface area contributed by atoms with Crippen LogP contribution in [0.5, 0.6) is 0 Å². The molecule has 0 aromatic heterocycles. The van der Waals surface area contributed by atoms with Crippen molar-refractivity contribution in [3.8, 4) is 0 Å². The largest absolute Gasteiger partial charge is 0.481 e. The number of benzene rings is 1. The van der Waals surface area contributed by atoms with Crippen LogP contribution >= 0.6 is 11.6 Å². The molecule has 0 aliphatic carbocycles. The zero-order chi connectivity index (χ0) is 16.9. The molecule has 1 rings (SSSR count). The zero-order valence-corrected chi connectivity index (χ0v) is 13.6. The summed E-state index contributed by atoms with van der Waals surface area (Å²) in [6, 6.07) is 4.82. The Hall–Kier alpha value is -1.79. The quantitative estimate of drug-likeness (QED) is 0.770. The third-order valence-electron chi connectivity index (χ3n) is 2.79. The average molecular weight is 329 g/mol. The third kappa shape index (κ3) is 5.91. The van der Waals surface area contributed by atoms with Crippen molar-refractivity contribution >= 4 is 29.4 Å². The summed E-state index contributed by atoms with van der Waals surface area (Å²) >= 11 is 6.10. The van der Waals surface area contributed by atoms with Gasteiger partial charge in [0.2, 0.25) is 0 Å². The molecule has 7 heteroatoms. The number of nitrogens with two attached hydrogens (primary N) is 1. The second-order valence-corrected chi connectivity index (χ2v) is 6.30. The predicted octanol–water partition coefficient (Wildman–Crippen LogP) is 3.20. The summed E-state index contributed by atoms with van der Waals surface area (Å²) in [6.45, 7) is 5.42. The van der Waals surface area contributed by atoms with Gasteiger partial charge in [-0.15, -0.1) is 0 Å². The molecular formula is C15H21ClN2O4. The minimum absolute atomic E-state index is 0.133. The van der Waals surface area contributed by atoms with E-state index in [0.29, 0.717) is 16.3 Å². The lowest BCUT2D eigenvalue weighted by Crippen LogP contribution is -2.27. The van der Waals surface area contributed by atoms with Crippen LogP contribution in [0.3, 0.4) is 0 Å². The first-order chi connectivity index (χ1) is 10.1. The van der Waals surface area contributed by atoms with Crippen LogP contribution in [0.25, 0.3) is 0 Å². The number of amides is 1. The van der Waals surface area contributed by atoms with Crippen molar-refractivity contribution in [2.75, 3.05) is 11.9 Å². The molecule has 1 amide bonds. The highest BCUT2D eigenvalue weighted by atomic mass is 35.5. The van der Waals surface area contributed by atoms with Crippen LogP contribution in [0.4, 0.5) is 10.5 Å². The summed E-state index contributed by atoms with van der Waals surface area (Å²) in [7, 11) is 0. The first kappa shape index (κ1) is 18.3. The molecule has 0 bridgehead atoms. The standard InChI is InChI=1S/C15H21ClN2O4/c1-15(2,3)22-14(21)18-10-4-5-12(16)11(7-10)9(8-17)6-13(19)20/h4-5,7,9H,6,8,17H2,1-3H3,(H,18,21)(H,19,20). The molecule has 6 nitrogen and oxygen atoms in total. The summed E-state index contributed by atoms with van der Waals surface area (Å²) in [5.74, 6) is -1.39. The Labute approximate surface area is 134 Å². The molecule has 0 spiro atoms. The first-order valence-electron chi connectivity index (χ1n) is 6.83. The van der Waals surface area contributed by atoms with Crippen molar-refractivity contribution in [2.45, 2.75) is 38.7 Å². The van der Waals surface area contributed by atoms with Gasteiger partial charge in [0.1, 0.15) is 5.60 Å². The number of carboxylic acid groups (broad SMARTS) is 1. The summed E-state index contributed by atoms with van der Waals surface area (Å²) < 4.78 is 5.16. The Bertz CT molecular complexity index is 555. The fourth-order valence-corrected chi connectivity index (χ4v) is 2.16. The number of hydrogen-bond donors (Lipinski definition) is 3. The molecule has 0 saturated carbocycles. The second kappa shape index (κ2) is 7.47. The molecule has 0 aliphatic rings.